The fraction of sp³-hybridized carbons (Fsp3) is 0.462. The lowest BCUT2D eigenvalue weighted by molar-refractivity contribution is -0.137. The lowest BCUT2D eigenvalue weighted by Crippen LogP contribution is -2.36. The number of aromatic hydroxyl groups is 1. The van der Waals surface area contributed by atoms with Crippen molar-refractivity contribution >= 4 is 11.9 Å². The Morgan fingerprint density at radius 1 is 1.42 bits per heavy atom. The molecule has 104 valence electrons. The Bertz CT molecular complexity index is 431. The average molecular weight is 266 g/mol. The van der Waals surface area contributed by atoms with Gasteiger partial charge in [-0.15, -0.1) is 0 Å². The van der Waals surface area contributed by atoms with E-state index in [-0.39, 0.29) is 17.9 Å². The second kappa shape index (κ2) is 7.35. The Kier molecular flexibility index (Phi) is 5.78. The summed E-state index contributed by atoms with van der Waals surface area (Å²) in [5.74, 6) is -1.40. The summed E-state index contributed by atoms with van der Waals surface area (Å²) in [6.07, 6.45) is 3.47. The average Bonchev–Trinajstić information content (AvgIpc) is 2.36. The first-order valence-corrected chi connectivity index (χ1v) is 6.20. The van der Waals surface area contributed by atoms with Gasteiger partial charge in [0.1, 0.15) is 11.4 Å². The summed E-state index contributed by atoms with van der Waals surface area (Å²) in [6, 6.07) is 2.35. The van der Waals surface area contributed by atoms with E-state index in [1.54, 1.807) is 0 Å². The molecule has 0 bridgehead atoms. The SMILES string of the molecule is CCCC[C@H](CC(=O)O)NC(=O)c1ccc(O)cn1. The number of aromatic nitrogens is 1. The minimum Gasteiger partial charge on any atom is -0.506 e. The topological polar surface area (TPSA) is 99.5 Å². The van der Waals surface area contributed by atoms with Crippen LogP contribution in [-0.2, 0) is 4.79 Å². The number of pyridine rings is 1. The van der Waals surface area contributed by atoms with Crippen molar-refractivity contribution in [1.82, 2.24) is 10.3 Å². The van der Waals surface area contributed by atoms with Crippen molar-refractivity contribution in [2.45, 2.75) is 38.6 Å². The van der Waals surface area contributed by atoms with E-state index in [4.69, 9.17) is 10.2 Å². The normalized spacial score (nSPS) is 11.8. The Morgan fingerprint density at radius 2 is 2.16 bits per heavy atom. The van der Waals surface area contributed by atoms with Gasteiger partial charge in [-0.1, -0.05) is 19.8 Å². The third kappa shape index (κ3) is 5.37. The number of carbonyl (C=O) groups excluding carboxylic acids is 1. The molecule has 1 heterocycles. The summed E-state index contributed by atoms with van der Waals surface area (Å²) in [4.78, 5) is 26.4. The van der Waals surface area contributed by atoms with Crippen molar-refractivity contribution in [3.05, 3.63) is 24.0 Å². The van der Waals surface area contributed by atoms with Gasteiger partial charge < -0.3 is 15.5 Å². The van der Waals surface area contributed by atoms with E-state index in [2.05, 4.69) is 10.3 Å². The molecule has 1 aromatic rings. The molecule has 19 heavy (non-hydrogen) atoms. The molecule has 0 spiro atoms. The van der Waals surface area contributed by atoms with Crippen molar-refractivity contribution in [3.63, 3.8) is 0 Å². The van der Waals surface area contributed by atoms with Crippen molar-refractivity contribution in [1.29, 1.82) is 0 Å². The zero-order valence-electron chi connectivity index (χ0n) is 10.8. The van der Waals surface area contributed by atoms with Crippen molar-refractivity contribution in [2.75, 3.05) is 0 Å². The fourth-order valence-corrected chi connectivity index (χ4v) is 1.67. The predicted molar refractivity (Wildman–Crippen MR) is 68.9 cm³/mol. The number of nitrogens with one attached hydrogen (secondary N) is 1. The van der Waals surface area contributed by atoms with Crippen LogP contribution in [0.4, 0.5) is 0 Å². The molecule has 0 aliphatic rings. The first-order chi connectivity index (χ1) is 9.02. The molecule has 0 saturated heterocycles. The van der Waals surface area contributed by atoms with Crippen molar-refractivity contribution < 1.29 is 19.8 Å². The van der Waals surface area contributed by atoms with Gasteiger partial charge in [-0.25, -0.2) is 4.98 Å². The first-order valence-electron chi connectivity index (χ1n) is 6.20. The molecule has 0 aliphatic carbocycles. The Morgan fingerprint density at radius 3 is 2.68 bits per heavy atom. The quantitative estimate of drug-likeness (QED) is 0.695. The van der Waals surface area contributed by atoms with Gasteiger partial charge in [0.25, 0.3) is 5.91 Å². The zero-order chi connectivity index (χ0) is 14.3. The van der Waals surface area contributed by atoms with Crippen LogP contribution in [0.25, 0.3) is 0 Å². The van der Waals surface area contributed by atoms with E-state index in [9.17, 15) is 9.59 Å². The number of carboxylic acids is 1. The maximum absolute atomic E-state index is 11.9. The lowest BCUT2D eigenvalue weighted by atomic mass is 10.1. The van der Waals surface area contributed by atoms with Gasteiger partial charge in [-0.3, -0.25) is 9.59 Å². The number of rotatable bonds is 7. The van der Waals surface area contributed by atoms with Gasteiger partial charge in [0.05, 0.1) is 12.6 Å². The van der Waals surface area contributed by atoms with Crippen LogP contribution in [-0.4, -0.2) is 33.1 Å². The Balaban J connectivity index is 2.63. The van der Waals surface area contributed by atoms with Gasteiger partial charge in [0, 0.05) is 6.04 Å². The van der Waals surface area contributed by atoms with Crippen LogP contribution in [0.1, 0.15) is 43.1 Å². The molecule has 0 unspecified atom stereocenters. The van der Waals surface area contributed by atoms with Gasteiger partial charge in [0.2, 0.25) is 0 Å². The van der Waals surface area contributed by atoms with Gasteiger partial charge >= 0.3 is 5.97 Å². The lowest BCUT2D eigenvalue weighted by Gasteiger charge is -2.16. The van der Waals surface area contributed by atoms with Crippen LogP contribution >= 0.6 is 0 Å². The van der Waals surface area contributed by atoms with Crippen LogP contribution < -0.4 is 5.32 Å². The van der Waals surface area contributed by atoms with E-state index in [0.717, 1.165) is 12.8 Å². The molecule has 0 fully saturated rings. The molecular formula is C13H18N2O4. The molecule has 0 saturated carbocycles. The number of nitrogens with zero attached hydrogens (tertiary/aromatic N) is 1. The summed E-state index contributed by atoms with van der Waals surface area (Å²) >= 11 is 0. The Labute approximate surface area is 111 Å². The molecule has 1 atom stereocenters. The number of unbranched alkanes of at least 4 members (excludes halogenated alkanes) is 1. The fourth-order valence-electron chi connectivity index (χ4n) is 1.67. The summed E-state index contributed by atoms with van der Waals surface area (Å²) in [6.45, 7) is 2.00. The number of carbonyl (C=O) groups is 2. The standard InChI is InChI=1S/C13H18N2O4/c1-2-3-4-9(7-12(17)18)15-13(19)11-6-5-10(16)8-14-11/h5-6,8-9,16H,2-4,7H2,1H3,(H,15,19)(H,17,18)/t9-/m1/s1. The molecule has 3 N–H and O–H groups in total. The summed E-state index contributed by atoms with van der Waals surface area (Å²) < 4.78 is 0. The number of amides is 1. The molecule has 6 nitrogen and oxygen atoms in total. The summed E-state index contributed by atoms with van der Waals surface area (Å²) in [5, 5.41) is 20.5. The minimum absolute atomic E-state index is 0.0235. The molecule has 1 aromatic heterocycles. The van der Waals surface area contributed by atoms with Crippen LogP contribution in [0.15, 0.2) is 18.3 Å². The first kappa shape index (κ1) is 14.9. The van der Waals surface area contributed by atoms with Crippen LogP contribution in [0.2, 0.25) is 0 Å². The Hall–Kier alpha value is -2.11. The third-order valence-corrected chi connectivity index (χ3v) is 2.64. The summed E-state index contributed by atoms with van der Waals surface area (Å²) in [7, 11) is 0. The second-order valence-corrected chi connectivity index (χ2v) is 4.31. The summed E-state index contributed by atoms with van der Waals surface area (Å²) in [5.41, 5.74) is 0.157. The van der Waals surface area contributed by atoms with E-state index in [1.807, 2.05) is 6.92 Å². The van der Waals surface area contributed by atoms with Gasteiger partial charge in [-0.05, 0) is 18.6 Å². The highest BCUT2D eigenvalue weighted by Crippen LogP contribution is 2.08. The van der Waals surface area contributed by atoms with Crippen LogP contribution in [0, 0.1) is 0 Å². The maximum Gasteiger partial charge on any atom is 0.305 e. The van der Waals surface area contributed by atoms with E-state index in [1.165, 1.54) is 18.3 Å². The molecular weight excluding hydrogens is 248 g/mol. The zero-order valence-corrected chi connectivity index (χ0v) is 10.8. The third-order valence-electron chi connectivity index (χ3n) is 2.64. The number of aliphatic carboxylic acids is 1. The monoisotopic (exact) mass is 266 g/mol. The molecule has 0 aromatic carbocycles. The van der Waals surface area contributed by atoms with Gasteiger partial charge in [0.15, 0.2) is 0 Å². The van der Waals surface area contributed by atoms with Crippen molar-refractivity contribution in [3.8, 4) is 5.75 Å². The predicted octanol–water partition coefficient (Wildman–Crippen LogP) is 1.55. The highest BCUT2D eigenvalue weighted by Gasteiger charge is 2.17. The van der Waals surface area contributed by atoms with Crippen molar-refractivity contribution in [2.24, 2.45) is 0 Å². The maximum atomic E-state index is 11.9. The molecule has 1 rings (SSSR count). The van der Waals surface area contributed by atoms with E-state index >= 15 is 0 Å². The van der Waals surface area contributed by atoms with Gasteiger partial charge in [-0.2, -0.15) is 0 Å². The van der Waals surface area contributed by atoms with E-state index in [0.29, 0.717) is 6.42 Å². The molecule has 0 aliphatic heterocycles. The number of hydrogen-bond donors (Lipinski definition) is 3. The second-order valence-electron chi connectivity index (χ2n) is 4.31. The highest BCUT2D eigenvalue weighted by atomic mass is 16.4. The number of carboxylic acid groups (broad SMARTS) is 1. The smallest absolute Gasteiger partial charge is 0.305 e. The van der Waals surface area contributed by atoms with Crippen LogP contribution in [0.5, 0.6) is 5.75 Å². The number of hydrogen-bond acceptors (Lipinski definition) is 4. The minimum atomic E-state index is -0.944. The molecule has 1 amide bonds. The van der Waals surface area contributed by atoms with E-state index < -0.39 is 17.9 Å². The molecule has 0 radical (unpaired) electrons. The van der Waals surface area contributed by atoms with Crippen LogP contribution in [0.3, 0.4) is 0 Å². The largest absolute Gasteiger partial charge is 0.506 e. The highest BCUT2D eigenvalue weighted by molar-refractivity contribution is 5.92. The molecule has 6 heteroatoms.